The normalized spacial score (nSPS) is 12.1. The van der Waals surface area contributed by atoms with Gasteiger partial charge in [0.2, 0.25) is 11.8 Å². The predicted octanol–water partition coefficient (Wildman–Crippen LogP) is 3.04. The van der Waals surface area contributed by atoms with Gasteiger partial charge in [-0.05, 0) is 6.92 Å². The molecule has 6 nitrogen and oxygen atoms in total. The Kier molecular flexibility index (Phi) is 5.00. The number of carbonyl (C=O) groups is 1. The number of aromatic nitrogens is 3. The van der Waals surface area contributed by atoms with Crippen LogP contribution in [0.25, 0.3) is 11.3 Å². The summed E-state index contributed by atoms with van der Waals surface area (Å²) < 4.78 is 7.63. The molecule has 3 aromatic rings. The van der Waals surface area contributed by atoms with Gasteiger partial charge >= 0.3 is 0 Å². The lowest BCUT2D eigenvalue weighted by Crippen LogP contribution is -2.28. The van der Waals surface area contributed by atoms with Crippen molar-refractivity contribution in [2.75, 3.05) is 5.75 Å². The summed E-state index contributed by atoms with van der Waals surface area (Å²) in [5.41, 5.74) is 0.958. The number of imidazole rings is 1. The molecule has 0 saturated heterocycles. The van der Waals surface area contributed by atoms with Crippen LogP contribution in [0, 0.1) is 0 Å². The number of nitrogens with one attached hydrogen (secondary N) is 1. The van der Waals surface area contributed by atoms with E-state index in [0.717, 1.165) is 10.7 Å². The lowest BCUT2D eigenvalue weighted by atomic mass is 10.2. The number of hydrogen-bond donors (Lipinski definition) is 1. The highest BCUT2D eigenvalue weighted by Gasteiger charge is 2.16. The third-order valence-electron chi connectivity index (χ3n) is 3.44. The monoisotopic (exact) mass is 342 g/mol. The molecular weight excluding hydrogens is 324 g/mol. The topological polar surface area (TPSA) is 73.0 Å². The van der Waals surface area contributed by atoms with E-state index in [1.54, 1.807) is 12.4 Å². The van der Waals surface area contributed by atoms with Gasteiger partial charge in [-0.25, -0.2) is 9.97 Å². The van der Waals surface area contributed by atoms with Gasteiger partial charge in [0.1, 0.15) is 6.04 Å². The lowest BCUT2D eigenvalue weighted by molar-refractivity contribution is -0.119. The van der Waals surface area contributed by atoms with E-state index >= 15 is 0 Å². The van der Waals surface area contributed by atoms with Crippen LogP contribution in [0.15, 0.2) is 58.5 Å². The lowest BCUT2D eigenvalue weighted by Gasteiger charge is -2.10. The zero-order chi connectivity index (χ0) is 16.9. The van der Waals surface area contributed by atoms with Crippen molar-refractivity contribution >= 4 is 17.7 Å². The van der Waals surface area contributed by atoms with E-state index in [2.05, 4.69) is 15.3 Å². The summed E-state index contributed by atoms with van der Waals surface area (Å²) in [7, 11) is 1.90. The van der Waals surface area contributed by atoms with Crippen LogP contribution in [-0.4, -0.2) is 26.2 Å². The highest BCUT2D eigenvalue weighted by atomic mass is 32.2. The number of hydrogen-bond acceptors (Lipinski definition) is 5. The molecule has 1 unspecified atom stereocenters. The Morgan fingerprint density at radius 3 is 2.83 bits per heavy atom. The first-order chi connectivity index (χ1) is 11.6. The molecule has 7 heteroatoms. The van der Waals surface area contributed by atoms with Crippen molar-refractivity contribution < 1.29 is 9.21 Å². The second kappa shape index (κ2) is 7.35. The SMILES string of the molecule is CC(NC(=O)CSc1nccn1C)c1ncc(-c2ccccc2)o1. The van der Waals surface area contributed by atoms with Gasteiger partial charge in [0.15, 0.2) is 10.9 Å². The quantitative estimate of drug-likeness (QED) is 0.697. The minimum atomic E-state index is -0.295. The van der Waals surface area contributed by atoms with E-state index in [9.17, 15) is 4.79 Å². The van der Waals surface area contributed by atoms with Crippen molar-refractivity contribution in [2.24, 2.45) is 7.05 Å². The van der Waals surface area contributed by atoms with E-state index < -0.39 is 0 Å². The maximum absolute atomic E-state index is 12.1. The Labute approximate surface area is 144 Å². The summed E-state index contributed by atoms with van der Waals surface area (Å²) in [6, 6.07) is 9.45. The molecule has 1 N–H and O–H groups in total. The molecule has 2 aromatic heterocycles. The Balaban J connectivity index is 1.57. The van der Waals surface area contributed by atoms with E-state index in [0.29, 0.717) is 17.4 Å². The molecule has 0 saturated carbocycles. The van der Waals surface area contributed by atoms with Crippen LogP contribution in [-0.2, 0) is 11.8 Å². The summed E-state index contributed by atoms with van der Waals surface area (Å²) in [6.07, 6.45) is 5.23. The number of carbonyl (C=O) groups excluding carboxylic acids is 1. The number of thioether (sulfide) groups is 1. The summed E-state index contributed by atoms with van der Waals surface area (Å²) >= 11 is 1.39. The third-order valence-corrected chi connectivity index (χ3v) is 4.50. The zero-order valence-electron chi connectivity index (χ0n) is 13.5. The Morgan fingerprint density at radius 1 is 1.33 bits per heavy atom. The number of rotatable bonds is 6. The molecule has 1 atom stereocenters. The van der Waals surface area contributed by atoms with Gasteiger partial charge in [-0.15, -0.1) is 0 Å². The summed E-state index contributed by atoms with van der Waals surface area (Å²) in [5, 5.41) is 3.70. The smallest absolute Gasteiger partial charge is 0.231 e. The molecule has 0 aliphatic carbocycles. The number of aryl methyl sites for hydroxylation is 1. The van der Waals surface area contributed by atoms with Crippen LogP contribution in [0.2, 0.25) is 0 Å². The van der Waals surface area contributed by atoms with Gasteiger partial charge in [0.25, 0.3) is 0 Å². The second-order valence-electron chi connectivity index (χ2n) is 5.33. The fraction of sp³-hybridized carbons (Fsp3) is 0.235. The van der Waals surface area contributed by atoms with Crippen LogP contribution >= 0.6 is 11.8 Å². The second-order valence-corrected chi connectivity index (χ2v) is 6.27. The molecule has 24 heavy (non-hydrogen) atoms. The van der Waals surface area contributed by atoms with E-state index in [-0.39, 0.29) is 11.9 Å². The molecule has 1 aromatic carbocycles. The summed E-state index contributed by atoms with van der Waals surface area (Å²) in [6.45, 7) is 1.85. The molecule has 3 rings (SSSR count). The molecule has 0 aliphatic rings. The molecule has 124 valence electrons. The molecule has 0 radical (unpaired) electrons. The highest BCUT2D eigenvalue weighted by Crippen LogP contribution is 2.23. The Bertz CT molecular complexity index is 813. The van der Waals surface area contributed by atoms with E-state index in [4.69, 9.17) is 4.42 Å². The number of oxazole rings is 1. The van der Waals surface area contributed by atoms with Crippen molar-refractivity contribution in [3.8, 4) is 11.3 Å². The molecule has 0 aliphatic heterocycles. The average molecular weight is 342 g/mol. The maximum atomic E-state index is 12.1. The standard InChI is InChI=1S/C17H18N4O2S/c1-12(20-15(22)11-24-17-18-8-9-21(17)2)16-19-10-14(23-16)13-6-4-3-5-7-13/h3-10,12H,11H2,1-2H3,(H,20,22). The minimum absolute atomic E-state index is 0.0880. The van der Waals surface area contributed by atoms with E-state index in [1.165, 1.54) is 11.8 Å². The Hall–Kier alpha value is -2.54. The maximum Gasteiger partial charge on any atom is 0.231 e. The van der Waals surface area contributed by atoms with Crippen molar-refractivity contribution in [1.82, 2.24) is 19.9 Å². The summed E-state index contributed by atoms with van der Waals surface area (Å²) in [4.78, 5) is 20.5. The number of nitrogens with zero attached hydrogens (tertiary/aromatic N) is 3. The van der Waals surface area contributed by atoms with Gasteiger partial charge in [-0.2, -0.15) is 0 Å². The molecule has 0 fully saturated rings. The Morgan fingerprint density at radius 2 is 2.12 bits per heavy atom. The molecule has 0 bridgehead atoms. The van der Waals surface area contributed by atoms with Gasteiger partial charge in [0.05, 0.1) is 11.9 Å². The van der Waals surface area contributed by atoms with Crippen LogP contribution < -0.4 is 5.32 Å². The fourth-order valence-electron chi connectivity index (χ4n) is 2.19. The van der Waals surface area contributed by atoms with Crippen LogP contribution in [0.4, 0.5) is 0 Å². The van der Waals surface area contributed by atoms with Crippen molar-refractivity contribution in [3.05, 3.63) is 54.8 Å². The van der Waals surface area contributed by atoms with Crippen LogP contribution in [0.3, 0.4) is 0 Å². The van der Waals surface area contributed by atoms with Gasteiger partial charge < -0.3 is 14.3 Å². The first-order valence-electron chi connectivity index (χ1n) is 7.54. The predicted molar refractivity (Wildman–Crippen MR) is 92.4 cm³/mol. The van der Waals surface area contributed by atoms with Gasteiger partial charge in [0, 0.05) is 25.0 Å². The highest BCUT2D eigenvalue weighted by molar-refractivity contribution is 7.99. The molecular formula is C17H18N4O2S. The van der Waals surface area contributed by atoms with Gasteiger partial charge in [-0.3, -0.25) is 4.79 Å². The van der Waals surface area contributed by atoms with Crippen molar-refractivity contribution in [3.63, 3.8) is 0 Å². The van der Waals surface area contributed by atoms with E-state index in [1.807, 2.05) is 55.1 Å². The minimum Gasteiger partial charge on any atom is -0.438 e. The summed E-state index contributed by atoms with van der Waals surface area (Å²) in [5.74, 6) is 1.38. The van der Waals surface area contributed by atoms with Crippen molar-refractivity contribution in [1.29, 1.82) is 0 Å². The van der Waals surface area contributed by atoms with Gasteiger partial charge in [-0.1, -0.05) is 42.1 Å². The molecule has 1 amide bonds. The molecule has 2 heterocycles. The molecule has 0 spiro atoms. The third kappa shape index (κ3) is 3.86. The fourth-order valence-corrected chi connectivity index (χ4v) is 2.93. The zero-order valence-corrected chi connectivity index (χ0v) is 14.3. The van der Waals surface area contributed by atoms with Crippen LogP contribution in [0.5, 0.6) is 0 Å². The first-order valence-corrected chi connectivity index (χ1v) is 8.52. The number of benzene rings is 1. The average Bonchev–Trinajstić information content (AvgIpc) is 3.23. The largest absolute Gasteiger partial charge is 0.438 e. The van der Waals surface area contributed by atoms with Crippen LogP contribution in [0.1, 0.15) is 18.9 Å². The van der Waals surface area contributed by atoms with Crippen molar-refractivity contribution in [2.45, 2.75) is 18.1 Å². The first kappa shape index (κ1) is 16.3. The number of amides is 1.